The van der Waals surface area contributed by atoms with Crippen LogP contribution in [-0.2, 0) is 19.1 Å². The molecular formula is C14H18ClNO4S2. The number of hydrogen-bond acceptors (Lipinski definition) is 5. The van der Waals surface area contributed by atoms with Gasteiger partial charge in [0.1, 0.15) is 4.21 Å². The molecule has 1 amide bonds. The summed E-state index contributed by atoms with van der Waals surface area (Å²) in [7, 11) is -3.93. The topological polar surface area (TPSA) is 86.5 Å². The van der Waals surface area contributed by atoms with Gasteiger partial charge in [-0.15, -0.1) is 11.3 Å². The molecule has 22 heavy (non-hydrogen) atoms. The van der Waals surface area contributed by atoms with E-state index < -0.39 is 27.5 Å². The molecular weight excluding hydrogens is 346 g/mol. The van der Waals surface area contributed by atoms with E-state index in [0.717, 1.165) is 24.2 Å². The maximum Gasteiger partial charge on any atom is 0.306 e. The van der Waals surface area contributed by atoms with E-state index >= 15 is 0 Å². The highest BCUT2D eigenvalue weighted by Gasteiger charge is 2.58. The molecule has 2 N–H and O–H groups in total. The van der Waals surface area contributed by atoms with E-state index in [4.69, 9.17) is 21.5 Å². The Labute approximate surface area is 138 Å². The molecule has 122 valence electrons. The van der Waals surface area contributed by atoms with Crippen molar-refractivity contribution in [2.75, 3.05) is 0 Å². The van der Waals surface area contributed by atoms with Crippen LogP contribution in [0.4, 0.5) is 0 Å². The first-order chi connectivity index (χ1) is 10.2. The molecule has 4 unspecified atom stereocenters. The molecule has 0 saturated heterocycles. The Bertz CT molecular complexity index is 701. The number of amides is 1. The van der Waals surface area contributed by atoms with Gasteiger partial charge in [-0.2, -0.15) is 8.42 Å². The van der Waals surface area contributed by atoms with E-state index in [2.05, 4.69) is 6.92 Å². The predicted molar refractivity (Wildman–Crippen MR) is 84.1 cm³/mol. The molecule has 4 atom stereocenters. The summed E-state index contributed by atoms with van der Waals surface area (Å²) in [4.78, 5) is 12.0. The number of carbonyl (C=O) groups is 1. The maximum atomic E-state index is 12.5. The van der Waals surface area contributed by atoms with E-state index in [-0.39, 0.29) is 10.1 Å². The van der Waals surface area contributed by atoms with Gasteiger partial charge in [0.15, 0.2) is 0 Å². The van der Waals surface area contributed by atoms with Gasteiger partial charge in [0.05, 0.1) is 15.9 Å². The lowest BCUT2D eigenvalue weighted by Crippen LogP contribution is -2.50. The van der Waals surface area contributed by atoms with Crippen LogP contribution in [0.3, 0.4) is 0 Å². The summed E-state index contributed by atoms with van der Waals surface area (Å²) in [5.41, 5.74) is 4.76. The molecule has 2 saturated carbocycles. The molecule has 0 aliphatic heterocycles. The number of fused-ring (bicyclic) bond motifs is 2. The summed E-state index contributed by atoms with van der Waals surface area (Å²) in [6.45, 7) is 2.07. The second-order valence-electron chi connectivity index (χ2n) is 6.39. The van der Waals surface area contributed by atoms with Gasteiger partial charge < -0.3 is 5.73 Å². The van der Waals surface area contributed by atoms with E-state index in [0.29, 0.717) is 23.1 Å². The number of rotatable bonds is 4. The molecule has 2 bridgehead atoms. The van der Waals surface area contributed by atoms with Gasteiger partial charge in [0.2, 0.25) is 5.91 Å². The van der Waals surface area contributed by atoms with E-state index in [1.54, 1.807) is 0 Å². The highest BCUT2D eigenvalue weighted by atomic mass is 35.5. The van der Waals surface area contributed by atoms with Crippen LogP contribution in [0.5, 0.6) is 0 Å². The highest BCUT2D eigenvalue weighted by Crippen LogP contribution is 2.55. The largest absolute Gasteiger partial charge is 0.369 e. The zero-order valence-corrected chi connectivity index (χ0v) is 14.5. The zero-order chi connectivity index (χ0) is 16.1. The van der Waals surface area contributed by atoms with E-state index in [1.165, 1.54) is 12.1 Å². The van der Waals surface area contributed by atoms with Crippen molar-refractivity contribution in [3.8, 4) is 0 Å². The van der Waals surface area contributed by atoms with Crippen LogP contribution in [0.25, 0.3) is 0 Å². The van der Waals surface area contributed by atoms with Crippen LogP contribution in [0, 0.1) is 17.3 Å². The monoisotopic (exact) mass is 363 g/mol. The molecule has 0 spiro atoms. The first kappa shape index (κ1) is 16.2. The van der Waals surface area contributed by atoms with Crippen molar-refractivity contribution >= 4 is 39.0 Å². The molecule has 3 rings (SSSR count). The lowest BCUT2D eigenvalue weighted by Gasteiger charge is -2.40. The Morgan fingerprint density at radius 2 is 2.23 bits per heavy atom. The fourth-order valence-corrected chi connectivity index (χ4v) is 6.67. The number of thiophene rings is 1. The van der Waals surface area contributed by atoms with Crippen molar-refractivity contribution in [1.82, 2.24) is 0 Å². The van der Waals surface area contributed by atoms with Crippen molar-refractivity contribution in [3.05, 3.63) is 16.5 Å². The average molecular weight is 364 g/mol. The normalized spacial score (nSPS) is 34.7. The molecule has 0 aromatic carbocycles. The summed E-state index contributed by atoms with van der Waals surface area (Å²) in [5.74, 6) is -0.0499. The van der Waals surface area contributed by atoms with Gasteiger partial charge in [-0.25, -0.2) is 0 Å². The molecule has 2 aliphatic rings. The lowest BCUT2D eigenvalue weighted by molar-refractivity contribution is -0.136. The number of hydrogen-bond donors (Lipinski definition) is 1. The first-order valence-corrected chi connectivity index (χ1v) is 9.83. The third kappa shape index (κ3) is 2.58. The van der Waals surface area contributed by atoms with Crippen molar-refractivity contribution in [2.45, 2.75) is 42.9 Å². The average Bonchev–Trinajstić information content (AvgIpc) is 2.92. The van der Waals surface area contributed by atoms with Gasteiger partial charge in [0.25, 0.3) is 0 Å². The second kappa shape index (κ2) is 5.47. The highest BCUT2D eigenvalue weighted by molar-refractivity contribution is 7.89. The number of carbonyl (C=O) groups excluding carboxylic acids is 1. The third-order valence-corrected chi connectivity index (χ3v) is 7.85. The quantitative estimate of drug-likeness (QED) is 0.833. The molecule has 0 radical (unpaired) electrons. The smallest absolute Gasteiger partial charge is 0.306 e. The Hall–Kier alpha value is -0.630. The maximum absolute atomic E-state index is 12.5. The molecule has 5 nitrogen and oxygen atoms in total. The van der Waals surface area contributed by atoms with Crippen molar-refractivity contribution in [3.63, 3.8) is 0 Å². The fraction of sp³-hybridized carbons (Fsp3) is 0.643. The van der Waals surface area contributed by atoms with Gasteiger partial charge in [-0.3, -0.25) is 8.98 Å². The Morgan fingerprint density at radius 1 is 1.50 bits per heavy atom. The Kier molecular flexibility index (Phi) is 4.04. The lowest BCUT2D eigenvalue weighted by atomic mass is 9.69. The SMILES string of the molecule is CC1CC2CCC(C(N)=O)(C1)C2OS(=O)(=O)c1ccc(Cl)s1. The van der Waals surface area contributed by atoms with E-state index in [1.807, 2.05) is 0 Å². The van der Waals surface area contributed by atoms with Crippen molar-refractivity contribution in [1.29, 1.82) is 0 Å². The molecule has 2 fully saturated rings. The third-order valence-electron chi connectivity index (χ3n) is 4.87. The standard InChI is InChI=1S/C14H18ClNO4S2/c1-8-6-9-4-5-14(7-8,13(16)17)12(9)20-22(18,19)11-3-2-10(15)21-11/h2-3,8-9,12H,4-7H2,1H3,(H2,16,17). The van der Waals surface area contributed by atoms with Gasteiger partial charge in [-0.05, 0) is 49.7 Å². The molecule has 2 aliphatic carbocycles. The van der Waals surface area contributed by atoms with Crippen LogP contribution in [-0.4, -0.2) is 20.4 Å². The second-order valence-corrected chi connectivity index (χ2v) is 9.91. The minimum atomic E-state index is -3.93. The molecule has 1 heterocycles. The molecule has 1 aromatic rings. The first-order valence-electron chi connectivity index (χ1n) is 7.23. The number of primary amides is 1. The Balaban J connectivity index is 1.92. The zero-order valence-electron chi connectivity index (χ0n) is 12.1. The summed E-state index contributed by atoms with van der Waals surface area (Å²) < 4.78 is 30.9. The summed E-state index contributed by atoms with van der Waals surface area (Å²) in [6.07, 6.45) is 2.17. The predicted octanol–water partition coefficient (Wildman–Crippen LogP) is 2.79. The van der Waals surface area contributed by atoms with Crippen molar-refractivity contribution in [2.24, 2.45) is 23.0 Å². The molecule has 8 heteroatoms. The van der Waals surface area contributed by atoms with E-state index in [9.17, 15) is 13.2 Å². The van der Waals surface area contributed by atoms with Gasteiger partial charge in [-0.1, -0.05) is 18.5 Å². The van der Waals surface area contributed by atoms with Crippen LogP contribution in [0.1, 0.15) is 32.6 Å². The number of nitrogens with two attached hydrogens (primary N) is 1. The van der Waals surface area contributed by atoms with Gasteiger partial charge in [0, 0.05) is 0 Å². The van der Waals surface area contributed by atoms with Crippen LogP contribution >= 0.6 is 22.9 Å². The number of halogens is 1. The summed E-state index contributed by atoms with van der Waals surface area (Å²) in [5, 5.41) is 0. The minimum absolute atomic E-state index is 0.0569. The Morgan fingerprint density at radius 3 is 2.82 bits per heavy atom. The van der Waals surface area contributed by atoms with Crippen LogP contribution in [0.2, 0.25) is 4.34 Å². The summed E-state index contributed by atoms with van der Waals surface area (Å²) in [6, 6.07) is 2.94. The summed E-state index contributed by atoms with van der Waals surface area (Å²) >= 11 is 6.75. The minimum Gasteiger partial charge on any atom is -0.369 e. The van der Waals surface area contributed by atoms with Gasteiger partial charge >= 0.3 is 10.1 Å². The van der Waals surface area contributed by atoms with Crippen LogP contribution < -0.4 is 5.73 Å². The van der Waals surface area contributed by atoms with Crippen molar-refractivity contribution < 1.29 is 17.4 Å². The fourth-order valence-electron chi connectivity index (χ4n) is 4.02. The molecule has 1 aromatic heterocycles. The van der Waals surface area contributed by atoms with Crippen LogP contribution in [0.15, 0.2) is 16.3 Å².